The number of hydrogen-bond donors (Lipinski definition) is 1. The van der Waals surface area contributed by atoms with Crippen LogP contribution in [0.15, 0.2) is 53.6 Å². The summed E-state index contributed by atoms with van der Waals surface area (Å²) in [6.07, 6.45) is 8.04. The van der Waals surface area contributed by atoms with Gasteiger partial charge in [0.25, 0.3) is 0 Å². The zero-order valence-corrected chi connectivity index (χ0v) is 18.4. The molecule has 5 nitrogen and oxygen atoms in total. The van der Waals surface area contributed by atoms with Crippen molar-refractivity contribution in [3.05, 3.63) is 59.3 Å². The average Bonchev–Trinajstić information content (AvgIpc) is 2.73. The first-order valence-electron chi connectivity index (χ1n) is 11.0. The third-order valence-electron chi connectivity index (χ3n) is 6.44. The lowest BCUT2D eigenvalue weighted by Crippen LogP contribution is -2.46. The first kappa shape index (κ1) is 20.5. The van der Waals surface area contributed by atoms with Gasteiger partial charge in [-0.2, -0.15) is 4.98 Å². The van der Waals surface area contributed by atoms with Crippen LogP contribution < -0.4 is 15.5 Å². The van der Waals surface area contributed by atoms with E-state index < -0.39 is 0 Å². The van der Waals surface area contributed by atoms with E-state index in [1.54, 1.807) is 0 Å². The Balaban J connectivity index is 1.49. The molecule has 0 unspecified atom stereocenters. The zero-order chi connectivity index (χ0) is 21.1. The number of para-hydroxylation sites is 1. The van der Waals surface area contributed by atoms with E-state index in [4.69, 9.17) is 5.73 Å². The molecule has 2 aromatic rings. The minimum Gasteiger partial charge on any atom is -0.368 e. The highest BCUT2D eigenvalue weighted by molar-refractivity contribution is 5.58. The number of piperazine rings is 1. The number of rotatable bonds is 4. The number of nitrogens with zero attached hydrogens (tertiary/aromatic N) is 4. The molecular weight excluding hydrogens is 370 g/mol. The van der Waals surface area contributed by atoms with Crippen molar-refractivity contribution in [1.29, 1.82) is 0 Å². The van der Waals surface area contributed by atoms with Gasteiger partial charge < -0.3 is 15.5 Å². The van der Waals surface area contributed by atoms with Crippen molar-refractivity contribution >= 4 is 23.5 Å². The summed E-state index contributed by atoms with van der Waals surface area (Å²) in [4.78, 5) is 13.7. The maximum Gasteiger partial charge on any atom is 0.222 e. The highest BCUT2D eigenvalue weighted by atomic mass is 15.3. The smallest absolute Gasteiger partial charge is 0.222 e. The summed E-state index contributed by atoms with van der Waals surface area (Å²) in [5.74, 6) is 1.26. The number of allylic oxidation sites excluding steroid dienone is 3. The Morgan fingerprint density at radius 1 is 0.967 bits per heavy atom. The standard InChI is InChI=1S/C25H33N5/c1-19-8-7-13-25(2,3)22(19)12-11-20-18-23(28-24(26)27-20)30-16-14-29(15-17-30)21-9-5-4-6-10-21/h4-6,9-12,18H,7-8,13-17H2,1-3H3,(H2,26,27,28)/b12-11+. The van der Waals surface area contributed by atoms with E-state index >= 15 is 0 Å². The van der Waals surface area contributed by atoms with Gasteiger partial charge in [-0.3, -0.25) is 0 Å². The largest absolute Gasteiger partial charge is 0.368 e. The fourth-order valence-electron chi connectivity index (χ4n) is 4.73. The average molecular weight is 404 g/mol. The molecule has 30 heavy (non-hydrogen) atoms. The van der Waals surface area contributed by atoms with Crippen molar-refractivity contribution in [3.63, 3.8) is 0 Å². The molecule has 0 amide bonds. The summed E-state index contributed by atoms with van der Waals surface area (Å²) in [6, 6.07) is 12.7. The second kappa shape index (κ2) is 8.50. The van der Waals surface area contributed by atoms with Crippen LogP contribution in [0.4, 0.5) is 17.5 Å². The van der Waals surface area contributed by atoms with Gasteiger partial charge >= 0.3 is 0 Å². The second-order valence-corrected chi connectivity index (χ2v) is 9.08. The Kier molecular flexibility index (Phi) is 5.80. The zero-order valence-electron chi connectivity index (χ0n) is 18.4. The highest BCUT2D eigenvalue weighted by Gasteiger charge is 2.26. The molecule has 1 aromatic carbocycles. The molecule has 4 rings (SSSR count). The van der Waals surface area contributed by atoms with Crippen LogP contribution in [0.25, 0.3) is 6.08 Å². The number of nitrogen functional groups attached to an aromatic ring is 1. The molecule has 1 aliphatic carbocycles. The Morgan fingerprint density at radius 2 is 1.67 bits per heavy atom. The molecule has 1 aliphatic heterocycles. The fourth-order valence-corrected chi connectivity index (χ4v) is 4.73. The van der Waals surface area contributed by atoms with Gasteiger partial charge in [0.1, 0.15) is 5.82 Å². The third-order valence-corrected chi connectivity index (χ3v) is 6.44. The maximum absolute atomic E-state index is 6.07. The predicted octanol–water partition coefficient (Wildman–Crippen LogP) is 4.93. The maximum atomic E-state index is 6.07. The Labute approximate surface area is 180 Å². The predicted molar refractivity (Wildman–Crippen MR) is 127 cm³/mol. The van der Waals surface area contributed by atoms with Crippen molar-refractivity contribution in [1.82, 2.24) is 9.97 Å². The summed E-state index contributed by atoms with van der Waals surface area (Å²) < 4.78 is 0. The van der Waals surface area contributed by atoms with Gasteiger partial charge in [0.15, 0.2) is 0 Å². The van der Waals surface area contributed by atoms with Crippen molar-refractivity contribution in [2.75, 3.05) is 41.7 Å². The molecule has 5 heteroatoms. The van der Waals surface area contributed by atoms with E-state index in [-0.39, 0.29) is 5.41 Å². The first-order valence-corrected chi connectivity index (χ1v) is 11.0. The normalized spacial score (nSPS) is 19.6. The van der Waals surface area contributed by atoms with Crippen LogP contribution in [0.5, 0.6) is 0 Å². The molecule has 0 bridgehead atoms. The van der Waals surface area contributed by atoms with Crippen LogP contribution in [0.2, 0.25) is 0 Å². The molecule has 2 heterocycles. The van der Waals surface area contributed by atoms with Crippen molar-refractivity contribution in [2.24, 2.45) is 5.41 Å². The number of nitrogens with two attached hydrogens (primary N) is 1. The van der Waals surface area contributed by atoms with Crippen LogP contribution in [-0.2, 0) is 0 Å². The molecular formula is C25H33N5. The van der Waals surface area contributed by atoms with Gasteiger partial charge in [-0.05, 0) is 55.4 Å². The Bertz CT molecular complexity index is 937. The Hall–Kier alpha value is -2.82. The van der Waals surface area contributed by atoms with E-state index in [0.717, 1.165) is 37.7 Å². The molecule has 2 aliphatic rings. The van der Waals surface area contributed by atoms with Gasteiger partial charge in [0.05, 0.1) is 5.69 Å². The fraction of sp³-hybridized carbons (Fsp3) is 0.440. The second-order valence-electron chi connectivity index (χ2n) is 9.08. The van der Waals surface area contributed by atoms with E-state index in [1.165, 1.54) is 36.1 Å². The molecule has 0 spiro atoms. The third kappa shape index (κ3) is 4.50. The minimum atomic E-state index is 0.216. The molecule has 0 atom stereocenters. The topological polar surface area (TPSA) is 58.3 Å². The number of anilines is 3. The van der Waals surface area contributed by atoms with Crippen molar-refractivity contribution in [2.45, 2.75) is 40.0 Å². The Morgan fingerprint density at radius 3 is 2.37 bits per heavy atom. The van der Waals surface area contributed by atoms with Gasteiger partial charge in [0.2, 0.25) is 5.95 Å². The number of aromatic nitrogens is 2. The van der Waals surface area contributed by atoms with Crippen LogP contribution in [-0.4, -0.2) is 36.1 Å². The molecule has 0 saturated carbocycles. The highest BCUT2D eigenvalue weighted by Crippen LogP contribution is 2.41. The SMILES string of the molecule is CC1=C(/C=C/c2cc(N3CCN(c4ccccc4)CC3)nc(N)n2)C(C)(C)CCC1. The van der Waals surface area contributed by atoms with Gasteiger partial charge in [-0.25, -0.2) is 4.98 Å². The van der Waals surface area contributed by atoms with Gasteiger partial charge in [-0.1, -0.05) is 43.7 Å². The molecule has 1 fully saturated rings. The summed E-state index contributed by atoms with van der Waals surface area (Å²) in [7, 11) is 0. The van der Waals surface area contributed by atoms with E-state index in [0.29, 0.717) is 5.95 Å². The summed E-state index contributed by atoms with van der Waals surface area (Å²) in [6.45, 7) is 10.7. The number of benzene rings is 1. The summed E-state index contributed by atoms with van der Waals surface area (Å²) in [5.41, 5.74) is 11.4. The van der Waals surface area contributed by atoms with Crippen LogP contribution in [0, 0.1) is 5.41 Å². The summed E-state index contributed by atoms with van der Waals surface area (Å²) >= 11 is 0. The number of hydrogen-bond acceptors (Lipinski definition) is 5. The van der Waals surface area contributed by atoms with Crippen LogP contribution >= 0.6 is 0 Å². The lowest BCUT2D eigenvalue weighted by Gasteiger charge is -2.36. The molecule has 1 saturated heterocycles. The monoisotopic (exact) mass is 403 g/mol. The van der Waals surface area contributed by atoms with Crippen molar-refractivity contribution in [3.8, 4) is 0 Å². The van der Waals surface area contributed by atoms with E-state index in [2.05, 4.69) is 89.1 Å². The molecule has 1 aromatic heterocycles. The molecule has 0 radical (unpaired) electrons. The van der Waals surface area contributed by atoms with Gasteiger partial charge in [0, 0.05) is 37.9 Å². The van der Waals surface area contributed by atoms with Crippen LogP contribution in [0.3, 0.4) is 0 Å². The van der Waals surface area contributed by atoms with E-state index in [9.17, 15) is 0 Å². The lowest BCUT2D eigenvalue weighted by atomic mass is 9.72. The van der Waals surface area contributed by atoms with Gasteiger partial charge in [-0.15, -0.1) is 0 Å². The molecule has 158 valence electrons. The lowest BCUT2D eigenvalue weighted by molar-refractivity contribution is 0.377. The molecule has 2 N–H and O–H groups in total. The van der Waals surface area contributed by atoms with E-state index in [1.807, 2.05) is 0 Å². The minimum absolute atomic E-state index is 0.216. The van der Waals surface area contributed by atoms with Crippen LogP contribution in [0.1, 0.15) is 45.7 Å². The first-order chi connectivity index (χ1) is 14.4. The van der Waals surface area contributed by atoms with Crippen molar-refractivity contribution < 1.29 is 0 Å². The quantitative estimate of drug-likeness (QED) is 0.785. The summed E-state index contributed by atoms with van der Waals surface area (Å²) in [5, 5.41) is 0.